The highest BCUT2D eigenvalue weighted by molar-refractivity contribution is 9.10. The van der Waals surface area contributed by atoms with Crippen LogP contribution in [0.3, 0.4) is 0 Å². The van der Waals surface area contributed by atoms with Gasteiger partial charge in [-0.25, -0.2) is 0 Å². The van der Waals surface area contributed by atoms with Gasteiger partial charge in [0.15, 0.2) is 0 Å². The zero-order valence-corrected chi connectivity index (χ0v) is 12.3. The monoisotopic (exact) mass is 333 g/mol. The molecule has 102 valence electrons. The van der Waals surface area contributed by atoms with E-state index in [9.17, 15) is 9.59 Å². The highest BCUT2D eigenvalue weighted by Crippen LogP contribution is 2.25. The molecule has 0 bridgehead atoms. The Kier molecular flexibility index (Phi) is 4.53. The van der Waals surface area contributed by atoms with Gasteiger partial charge in [0.05, 0.1) is 11.6 Å². The molecule has 1 amide bonds. The topological polar surface area (TPSA) is 55.4 Å². The Morgan fingerprint density at radius 2 is 2.05 bits per heavy atom. The number of anilines is 1. The number of aldehydes is 1. The summed E-state index contributed by atoms with van der Waals surface area (Å²) in [6.07, 6.45) is 0.736. The highest BCUT2D eigenvalue weighted by atomic mass is 79.9. The first-order valence-corrected chi connectivity index (χ1v) is 6.63. The van der Waals surface area contributed by atoms with E-state index in [1.807, 2.05) is 0 Å². The van der Waals surface area contributed by atoms with Gasteiger partial charge in [-0.3, -0.25) is 9.59 Å². The van der Waals surface area contributed by atoms with E-state index in [0.717, 1.165) is 6.29 Å². The van der Waals surface area contributed by atoms with Crippen LogP contribution in [0.25, 0.3) is 0 Å². The molecule has 0 saturated carbocycles. The third-order valence-electron chi connectivity index (χ3n) is 2.69. The van der Waals surface area contributed by atoms with Crippen molar-refractivity contribution in [2.45, 2.75) is 0 Å². The fourth-order valence-corrected chi connectivity index (χ4v) is 2.24. The zero-order valence-electron chi connectivity index (χ0n) is 10.7. The smallest absolute Gasteiger partial charge is 0.255 e. The van der Waals surface area contributed by atoms with Crippen LogP contribution in [0.2, 0.25) is 0 Å². The van der Waals surface area contributed by atoms with E-state index >= 15 is 0 Å². The van der Waals surface area contributed by atoms with Crippen LogP contribution in [0.5, 0.6) is 5.75 Å². The van der Waals surface area contributed by atoms with Crippen LogP contribution in [0.4, 0.5) is 5.69 Å². The number of amides is 1. The summed E-state index contributed by atoms with van der Waals surface area (Å²) in [5.74, 6) is 0.404. The van der Waals surface area contributed by atoms with Gasteiger partial charge in [-0.1, -0.05) is 12.1 Å². The van der Waals surface area contributed by atoms with E-state index in [1.165, 1.54) is 0 Å². The van der Waals surface area contributed by atoms with E-state index in [4.69, 9.17) is 4.74 Å². The summed E-state index contributed by atoms with van der Waals surface area (Å²) in [6.45, 7) is 0. The Labute approximate surface area is 124 Å². The first kappa shape index (κ1) is 14.3. The standard InChI is InChI=1S/C15H12BrNO3/c1-20-14-6-5-11(8-13(14)16)15(19)17-12-4-2-3-10(7-12)9-18/h2-9H,1H3,(H,17,19). The summed E-state index contributed by atoms with van der Waals surface area (Å²) in [4.78, 5) is 22.8. The number of benzene rings is 2. The second-order valence-corrected chi connectivity index (χ2v) is 4.90. The number of hydrogen-bond donors (Lipinski definition) is 1. The molecule has 0 spiro atoms. The number of carbonyl (C=O) groups is 2. The SMILES string of the molecule is COc1ccc(C(=O)Nc2cccc(C=O)c2)cc1Br. The summed E-state index contributed by atoms with van der Waals surface area (Å²) in [7, 11) is 1.56. The van der Waals surface area contributed by atoms with Crippen molar-refractivity contribution in [1.29, 1.82) is 0 Å². The Bertz CT molecular complexity index is 655. The van der Waals surface area contributed by atoms with Crippen LogP contribution >= 0.6 is 15.9 Å². The lowest BCUT2D eigenvalue weighted by Gasteiger charge is -2.08. The molecule has 0 aliphatic carbocycles. The summed E-state index contributed by atoms with van der Waals surface area (Å²) in [6, 6.07) is 11.8. The molecule has 0 fully saturated rings. The molecule has 2 aromatic rings. The van der Waals surface area contributed by atoms with Crippen LogP contribution in [-0.2, 0) is 0 Å². The molecule has 0 radical (unpaired) electrons. The fourth-order valence-electron chi connectivity index (χ4n) is 1.70. The summed E-state index contributed by atoms with van der Waals surface area (Å²) in [5, 5.41) is 2.74. The minimum absolute atomic E-state index is 0.253. The summed E-state index contributed by atoms with van der Waals surface area (Å²) in [5.41, 5.74) is 1.58. The van der Waals surface area contributed by atoms with Crippen LogP contribution in [-0.4, -0.2) is 19.3 Å². The number of carbonyl (C=O) groups excluding carboxylic acids is 2. The first-order valence-electron chi connectivity index (χ1n) is 5.84. The van der Waals surface area contributed by atoms with Crippen molar-refractivity contribution < 1.29 is 14.3 Å². The number of ether oxygens (including phenoxy) is 1. The normalized spacial score (nSPS) is 9.90. The maximum Gasteiger partial charge on any atom is 0.255 e. The predicted molar refractivity (Wildman–Crippen MR) is 80.5 cm³/mol. The lowest BCUT2D eigenvalue weighted by Crippen LogP contribution is -2.12. The molecular weight excluding hydrogens is 322 g/mol. The quantitative estimate of drug-likeness (QED) is 0.871. The lowest BCUT2D eigenvalue weighted by atomic mass is 10.2. The minimum atomic E-state index is -0.253. The van der Waals surface area contributed by atoms with Crippen LogP contribution in [0.15, 0.2) is 46.9 Å². The summed E-state index contributed by atoms with van der Waals surface area (Å²) >= 11 is 3.33. The van der Waals surface area contributed by atoms with Crippen LogP contribution < -0.4 is 10.1 Å². The van der Waals surface area contributed by atoms with Crippen molar-refractivity contribution in [3.8, 4) is 5.75 Å². The van der Waals surface area contributed by atoms with Gasteiger partial charge in [0, 0.05) is 16.8 Å². The number of rotatable bonds is 4. The summed E-state index contributed by atoms with van der Waals surface area (Å²) < 4.78 is 5.81. The molecule has 0 heterocycles. The largest absolute Gasteiger partial charge is 0.496 e. The first-order chi connectivity index (χ1) is 9.63. The molecule has 0 saturated heterocycles. The van der Waals surface area contributed by atoms with Crippen molar-refractivity contribution in [1.82, 2.24) is 0 Å². The van der Waals surface area contributed by atoms with Crippen molar-refractivity contribution in [2.75, 3.05) is 12.4 Å². The Morgan fingerprint density at radius 1 is 1.25 bits per heavy atom. The van der Waals surface area contributed by atoms with E-state index in [2.05, 4.69) is 21.2 Å². The van der Waals surface area contributed by atoms with Gasteiger partial charge in [0.1, 0.15) is 12.0 Å². The second-order valence-electron chi connectivity index (χ2n) is 4.05. The molecule has 2 rings (SSSR count). The Morgan fingerprint density at radius 3 is 2.70 bits per heavy atom. The number of methoxy groups -OCH3 is 1. The third-order valence-corrected chi connectivity index (χ3v) is 3.31. The van der Waals surface area contributed by atoms with E-state index in [1.54, 1.807) is 49.6 Å². The van der Waals surface area contributed by atoms with E-state index in [0.29, 0.717) is 27.0 Å². The van der Waals surface area contributed by atoms with Crippen LogP contribution in [0, 0.1) is 0 Å². The number of hydrogen-bond acceptors (Lipinski definition) is 3. The van der Waals surface area contributed by atoms with Crippen molar-refractivity contribution in [3.05, 3.63) is 58.1 Å². The molecule has 4 nitrogen and oxygen atoms in total. The van der Waals surface area contributed by atoms with Crippen molar-refractivity contribution >= 4 is 33.8 Å². The molecular formula is C15H12BrNO3. The minimum Gasteiger partial charge on any atom is -0.496 e. The van der Waals surface area contributed by atoms with Gasteiger partial charge >= 0.3 is 0 Å². The predicted octanol–water partition coefficient (Wildman–Crippen LogP) is 3.52. The van der Waals surface area contributed by atoms with Gasteiger partial charge in [-0.05, 0) is 46.3 Å². The second kappa shape index (κ2) is 6.34. The average Bonchev–Trinajstić information content (AvgIpc) is 2.47. The van der Waals surface area contributed by atoms with Gasteiger partial charge in [0.25, 0.3) is 5.91 Å². The van der Waals surface area contributed by atoms with Gasteiger partial charge in [0.2, 0.25) is 0 Å². The maximum atomic E-state index is 12.1. The molecule has 0 unspecified atom stereocenters. The molecule has 2 aromatic carbocycles. The van der Waals surface area contributed by atoms with Gasteiger partial charge in [-0.2, -0.15) is 0 Å². The van der Waals surface area contributed by atoms with Crippen LogP contribution in [0.1, 0.15) is 20.7 Å². The highest BCUT2D eigenvalue weighted by Gasteiger charge is 2.09. The fraction of sp³-hybridized carbons (Fsp3) is 0.0667. The van der Waals surface area contributed by atoms with E-state index in [-0.39, 0.29) is 5.91 Å². The molecule has 0 atom stereocenters. The maximum absolute atomic E-state index is 12.1. The number of halogens is 1. The van der Waals surface area contributed by atoms with Crippen molar-refractivity contribution in [3.63, 3.8) is 0 Å². The van der Waals surface area contributed by atoms with Crippen molar-refractivity contribution in [2.24, 2.45) is 0 Å². The lowest BCUT2D eigenvalue weighted by molar-refractivity contribution is 0.102. The van der Waals surface area contributed by atoms with Gasteiger partial charge < -0.3 is 10.1 Å². The average molecular weight is 334 g/mol. The molecule has 0 aromatic heterocycles. The molecule has 0 aliphatic rings. The van der Waals surface area contributed by atoms with Gasteiger partial charge in [-0.15, -0.1) is 0 Å². The third kappa shape index (κ3) is 3.24. The zero-order chi connectivity index (χ0) is 14.5. The molecule has 1 N–H and O–H groups in total. The molecule has 0 aliphatic heterocycles. The Hall–Kier alpha value is -2.14. The Balaban J connectivity index is 2.19. The molecule has 5 heteroatoms. The van der Waals surface area contributed by atoms with E-state index < -0.39 is 0 Å². The molecule has 20 heavy (non-hydrogen) atoms. The number of nitrogens with one attached hydrogen (secondary N) is 1.